The van der Waals surface area contributed by atoms with Gasteiger partial charge in [0.2, 0.25) is 0 Å². The van der Waals surface area contributed by atoms with Gasteiger partial charge in [-0.25, -0.2) is 0 Å². The Morgan fingerprint density at radius 1 is 1.20 bits per heavy atom. The summed E-state index contributed by atoms with van der Waals surface area (Å²) in [6.07, 6.45) is 0.0652. The Morgan fingerprint density at radius 2 is 1.92 bits per heavy atom. The molecule has 1 aliphatic rings. The number of hydrogen-bond acceptors (Lipinski definition) is 4. The molecule has 3 rings (SSSR count). The summed E-state index contributed by atoms with van der Waals surface area (Å²) < 4.78 is 17.3. The van der Waals surface area contributed by atoms with Crippen molar-refractivity contribution in [1.29, 1.82) is 0 Å². The molecular weight excluding hydrogens is 318 g/mol. The standard InChI is InChI=1S/C20H23NO4/c1-3-15-8-4-5-9-17(15)24-14(2)20(22)21-12-16-13-23-18-10-6-7-11-19(18)25-16/h4-11,14,16H,3,12-13H2,1-2H3,(H,21,22)/t14-,16-/m1/s1. The van der Waals surface area contributed by atoms with E-state index in [9.17, 15) is 4.79 Å². The molecule has 1 heterocycles. The minimum absolute atomic E-state index is 0.173. The van der Waals surface area contributed by atoms with Crippen LogP contribution in [-0.2, 0) is 11.2 Å². The second kappa shape index (κ2) is 7.92. The minimum atomic E-state index is -0.579. The third-order valence-corrected chi connectivity index (χ3v) is 4.10. The number of amides is 1. The molecule has 5 heteroatoms. The van der Waals surface area contributed by atoms with Crippen LogP contribution in [0.5, 0.6) is 17.2 Å². The fourth-order valence-corrected chi connectivity index (χ4v) is 2.68. The molecule has 1 aliphatic heterocycles. The van der Waals surface area contributed by atoms with Gasteiger partial charge < -0.3 is 19.5 Å². The summed E-state index contributed by atoms with van der Waals surface area (Å²) >= 11 is 0. The Hall–Kier alpha value is -2.69. The van der Waals surface area contributed by atoms with Crippen LogP contribution in [0.1, 0.15) is 19.4 Å². The van der Waals surface area contributed by atoms with Crippen molar-refractivity contribution >= 4 is 5.91 Å². The highest BCUT2D eigenvalue weighted by atomic mass is 16.6. The van der Waals surface area contributed by atoms with E-state index < -0.39 is 6.10 Å². The molecule has 0 aromatic heterocycles. The number of para-hydroxylation sites is 3. The van der Waals surface area contributed by atoms with E-state index in [2.05, 4.69) is 12.2 Å². The van der Waals surface area contributed by atoms with Crippen LogP contribution in [0.15, 0.2) is 48.5 Å². The first-order valence-corrected chi connectivity index (χ1v) is 8.58. The van der Waals surface area contributed by atoms with Gasteiger partial charge in [0.1, 0.15) is 18.5 Å². The molecule has 0 spiro atoms. The number of hydrogen-bond donors (Lipinski definition) is 1. The number of ether oxygens (including phenoxy) is 3. The van der Waals surface area contributed by atoms with E-state index in [0.717, 1.165) is 23.5 Å². The summed E-state index contributed by atoms with van der Waals surface area (Å²) in [7, 11) is 0. The Bertz CT molecular complexity index is 731. The van der Waals surface area contributed by atoms with Crippen LogP contribution in [0.3, 0.4) is 0 Å². The highest BCUT2D eigenvalue weighted by Gasteiger charge is 2.23. The first-order valence-electron chi connectivity index (χ1n) is 8.58. The van der Waals surface area contributed by atoms with Gasteiger partial charge in [-0.15, -0.1) is 0 Å². The molecule has 1 amide bonds. The number of nitrogens with one attached hydrogen (secondary N) is 1. The van der Waals surface area contributed by atoms with Crippen LogP contribution in [0.2, 0.25) is 0 Å². The first-order chi connectivity index (χ1) is 12.2. The van der Waals surface area contributed by atoms with Gasteiger partial charge in [-0.2, -0.15) is 0 Å². The number of rotatable bonds is 6. The maximum atomic E-state index is 12.3. The molecule has 25 heavy (non-hydrogen) atoms. The van der Waals surface area contributed by atoms with Crippen molar-refractivity contribution in [3.63, 3.8) is 0 Å². The maximum Gasteiger partial charge on any atom is 0.260 e. The van der Waals surface area contributed by atoms with Crippen LogP contribution in [0, 0.1) is 0 Å². The maximum absolute atomic E-state index is 12.3. The first kappa shape index (κ1) is 17.1. The van der Waals surface area contributed by atoms with Gasteiger partial charge in [-0.05, 0) is 37.1 Å². The van der Waals surface area contributed by atoms with Crippen LogP contribution in [-0.4, -0.2) is 31.3 Å². The molecule has 1 N–H and O–H groups in total. The van der Waals surface area contributed by atoms with E-state index in [-0.39, 0.29) is 12.0 Å². The fourth-order valence-electron chi connectivity index (χ4n) is 2.68. The number of aryl methyl sites for hydroxylation is 1. The fraction of sp³-hybridized carbons (Fsp3) is 0.350. The molecule has 2 atom stereocenters. The van der Waals surface area contributed by atoms with E-state index in [1.54, 1.807) is 6.92 Å². The van der Waals surface area contributed by atoms with E-state index in [1.165, 1.54) is 0 Å². The molecule has 0 radical (unpaired) electrons. The Labute approximate surface area is 147 Å². The number of carbonyl (C=O) groups is 1. The van der Waals surface area contributed by atoms with E-state index >= 15 is 0 Å². The predicted molar refractivity (Wildman–Crippen MR) is 95.3 cm³/mol. The Morgan fingerprint density at radius 3 is 2.72 bits per heavy atom. The summed E-state index contributed by atoms with van der Waals surface area (Å²) in [4.78, 5) is 12.3. The van der Waals surface area contributed by atoms with E-state index in [1.807, 2.05) is 48.5 Å². The van der Waals surface area contributed by atoms with Gasteiger partial charge >= 0.3 is 0 Å². The van der Waals surface area contributed by atoms with E-state index in [4.69, 9.17) is 14.2 Å². The lowest BCUT2D eigenvalue weighted by Gasteiger charge is -2.27. The monoisotopic (exact) mass is 341 g/mol. The molecule has 0 bridgehead atoms. The molecular formula is C20H23NO4. The Balaban J connectivity index is 1.51. The predicted octanol–water partition coefficient (Wildman–Crippen LogP) is 2.97. The summed E-state index contributed by atoms with van der Waals surface area (Å²) in [6, 6.07) is 15.3. The lowest BCUT2D eigenvalue weighted by molar-refractivity contribution is -0.127. The quantitative estimate of drug-likeness (QED) is 0.878. The molecule has 0 saturated carbocycles. The van der Waals surface area contributed by atoms with Crippen molar-refractivity contribution in [2.45, 2.75) is 32.5 Å². The van der Waals surface area contributed by atoms with Gasteiger partial charge in [-0.3, -0.25) is 4.79 Å². The van der Waals surface area contributed by atoms with Crippen molar-refractivity contribution in [1.82, 2.24) is 5.32 Å². The zero-order valence-corrected chi connectivity index (χ0v) is 14.5. The lowest BCUT2D eigenvalue weighted by Crippen LogP contribution is -2.44. The molecule has 2 aromatic carbocycles. The highest BCUT2D eigenvalue weighted by molar-refractivity contribution is 5.80. The summed E-state index contributed by atoms with van der Waals surface area (Å²) in [5, 5.41) is 2.87. The van der Waals surface area contributed by atoms with Gasteiger partial charge in [0.05, 0.1) is 6.54 Å². The molecule has 5 nitrogen and oxygen atoms in total. The average Bonchev–Trinajstić information content (AvgIpc) is 2.66. The average molecular weight is 341 g/mol. The normalized spacial score (nSPS) is 16.8. The SMILES string of the molecule is CCc1ccccc1O[C@H](C)C(=O)NC[C@@H]1COc2ccccc2O1. The zero-order chi connectivity index (χ0) is 17.6. The molecule has 0 saturated heterocycles. The van der Waals surface area contributed by atoms with Crippen molar-refractivity contribution < 1.29 is 19.0 Å². The lowest BCUT2D eigenvalue weighted by atomic mass is 10.1. The minimum Gasteiger partial charge on any atom is -0.486 e. The third-order valence-electron chi connectivity index (χ3n) is 4.10. The molecule has 0 unspecified atom stereocenters. The van der Waals surface area contributed by atoms with Crippen LogP contribution >= 0.6 is 0 Å². The van der Waals surface area contributed by atoms with Crippen LogP contribution in [0.4, 0.5) is 0 Å². The summed E-state index contributed by atoms with van der Waals surface area (Å²) in [6.45, 7) is 4.59. The molecule has 0 aliphatic carbocycles. The largest absolute Gasteiger partial charge is 0.486 e. The van der Waals surface area contributed by atoms with Crippen molar-refractivity contribution in [3.05, 3.63) is 54.1 Å². The smallest absolute Gasteiger partial charge is 0.260 e. The summed E-state index contributed by atoms with van der Waals surface area (Å²) in [5.74, 6) is 2.01. The van der Waals surface area contributed by atoms with Gasteiger partial charge in [0, 0.05) is 0 Å². The topological polar surface area (TPSA) is 56.8 Å². The van der Waals surface area contributed by atoms with Crippen LogP contribution in [0.25, 0.3) is 0 Å². The highest BCUT2D eigenvalue weighted by Crippen LogP contribution is 2.30. The van der Waals surface area contributed by atoms with Gasteiger partial charge in [-0.1, -0.05) is 37.3 Å². The van der Waals surface area contributed by atoms with Crippen LogP contribution < -0.4 is 19.5 Å². The van der Waals surface area contributed by atoms with Gasteiger partial charge in [0.15, 0.2) is 17.6 Å². The van der Waals surface area contributed by atoms with Crippen molar-refractivity contribution in [2.75, 3.05) is 13.2 Å². The zero-order valence-electron chi connectivity index (χ0n) is 14.5. The molecule has 2 aromatic rings. The molecule has 132 valence electrons. The van der Waals surface area contributed by atoms with Gasteiger partial charge in [0.25, 0.3) is 5.91 Å². The number of fused-ring (bicyclic) bond motifs is 1. The third kappa shape index (κ3) is 4.24. The Kier molecular flexibility index (Phi) is 5.43. The summed E-state index contributed by atoms with van der Waals surface area (Å²) in [5.41, 5.74) is 1.09. The van der Waals surface area contributed by atoms with E-state index in [0.29, 0.717) is 18.9 Å². The van der Waals surface area contributed by atoms with Crippen molar-refractivity contribution in [2.24, 2.45) is 0 Å². The molecule has 0 fully saturated rings. The van der Waals surface area contributed by atoms with Crippen molar-refractivity contribution in [3.8, 4) is 17.2 Å². The number of benzene rings is 2. The second-order valence-corrected chi connectivity index (χ2v) is 5.96. The number of carbonyl (C=O) groups excluding carboxylic acids is 1. The second-order valence-electron chi connectivity index (χ2n) is 5.96.